The Morgan fingerprint density at radius 2 is 1.71 bits per heavy atom. The molecule has 1 heterocycles. The molecule has 0 aliphatic heterocycles. The van der Waals surface area contributed by atoms with Gasteiger partial charge in [0, 0.05) is 12.1 Å². The number of nitrogens with zero attached hydrogens (tertiary/aromatic N) is 1. The smallest absolute Gasteiger partial charge is 0.129 e. The normalized spacial score (nSPS) is 21.7. The molecule has 1 saturated carbocycles. The number of rotatable bonds is 1. The first-order valence-electron chi connectivity index (χ1n) is 5.83. The number of nitrogens with one attached hydrogen (secondary N) is 1. The lowest BCUT2D eigenvalue weighted by Crippen LogP contribution is -1.98. The van der Waals surface area contributed by atoms with E-state index >= 15 is 0 Å². The number of hydrogen-bond donors (Lipinski definition) is 1. The average molecular weight is 210 g/mol. The summed E-state index contributed by atoms with van der Waals surface area (Å²) in [7, 11) is 1.03. The molecular formula is C11H19N2P. The first-order valence-corrected chi connectivity index (χ1v) is 6.68. The van der Waals surface area contributed by atoms with E-state index in [1.807, 2.05) is 0 Å². The highest BCUT2D eigenvalue weighted by Crippen LogP contribution is 2.29. The van der Waals surface area contributed by atoms with Crippen LogP contribution >= 0.6 is 8.51 Å². The Kier molecular flexibility index (Phi) is 4.00. The lowest BCUT2D eigenvalue weighted by atomic mass is 9.94. The van der Waals surface area contributed by atoms with Gasteiger partial charge in [0.1, 0.15) is 8.51 Å². The van der Waals surface area contributed by atoms with Crippen molar-refractivity contribution in [3.63, 3.8) is 0 Å². The third kappa shape index (κ3) is 2.81. The Morgan fingerprint density at radius 3 is 2.29 bits per heavy atom. The molecule has 1 aliphatic rings. The van der Waals surface area contributed by atoms with E-state index in [1.165, 1.54) is 57.1 Å². The quantitative estimate of drug-likeness (QED) is 0.739. The van der Waals surface area contributed by atoms with E-state index < -0.39 is 0 Å². The summed E-state index contributed by atoms with van der Waals surface area (Å²) in [6.07, 6.45) is 13.4. The molecule has 1 aromatic heterocycles. The molecule has 0 aromatic carbocycles. The van der Waals surface area contributed by atoms with E-state index in [0.717, 1.165) is 14.4 Å². The van der Waals surface area contributed by atoms with Gasteiger partial charge in [-0.2, -0.15) is 0 Å². The van der Waals surface area contributed by atoms with Gasteiger partial charge < -0.3 is 4.75 Å². The highest BCUT2D eigenvalue weighted by Gasteiger charge is 2.14. The molecule has 0 atom stereocenters. The van der Waals surface area contributed by atoms with Crippen LogP contribution in [0.25, 0.3) is 0 Å². The van der Waals surface area contributed by atoms with E-state index in [0.29, 0.717) is 0 Å². The van der Waals surface area contributed by atoms with Gasteiger partial charge in [0.05, 0.1) is 5.69 Å². The minimum atomic E-state index is 0.746. The molecule has 0 unspecified atom stereocenters. The van der Waals surface area contributed by atoms with Gasteiger partial charge in [-0.15, -0.1) is 0 Å². The number of aromatic amines is 1. The summed E-state index contributed by atoms with van der Waals surface area (Å²) in [6, 6.07) is 0. The fraction of sp³-hybridized carbons (Fsp3) is 0.818. The molecule has 0 bridgehead atoms. The Bertz CT molecular complexity index is 236. The maximum Gasteiger partial charge on any atom is 0.129 e. The third-order valence-corrected chi connectivity index (χ3v) is 3.78. The highest BCUT2D eigenvalue weighted by atomic mass is 31.1. The van der Waals surface area contributed by atoms with Gasteiger partial charge in [-0.3, -0.25) is 0 Å². The summed E-state index contributed by atoms with van der Waals surface area (Å²) in [5.41, 5.74) is 1.33. The van der Waals surface area contributed by atoms with Crippen LogP contribution in [0.5, 0.6) is 0 Å². The van der Waals surface area contributed by atoms with Crippen LogP contribution in [-0.4, -0.2) is 9.49 Å². The summed E-state index contributed by atoms with van der Waals surface area (Å²) in [5.74, 6) is 0.746. The molecule has 3 heteroatoms. The van der Waals surface area contributed by atoms with Crippen LogP contribution in [0, 0.1) is 0 Å². The van der Waals surface area contributed by atoms with Crippen LogP contribution < -0.4 is 0 Å². The molecule has 14 heavy (non-hydrogen) atoms. The van der Waals surface area contributed by atoms with Crippen molar-refractivity contribution in [3.8, 4) is 0 Å². The maximum absolute atomic E-state index is 4.48. The molecule has 2 nitrogen and oxygen atoms in total. The van der Waals surface area contributed by atoms with E-state index in [4.69, 9.17) is 0 Å². The van der Waals surface area contributed by atoms with Crippen LogP contribution in [-0.2, 0) is 0 Å². The van der Waals surface area contributed by atoms with Gasteiger partial charge in [0.2, 0.25) is 0 Å². The number of H-pyrrole nitrogens is 1. The van der Waals surface area contributed by atoms with Crippen molar-refractivity contribution in [2.75, 3.05) is 0 Å². The van der Waals surface area contributed by atoms with Crippen molar-refractivity contribution in [2.24, 2.45) is 0 Å². The molecular weight excluding hydrogens is 191 g/mol. The topological polar surface area (TPSA) is 28.7 Å². The summed E-state index contributed by atoms with van der Waals surface area (Å²) in [5, 5.41) is 0. The third-order valence-electron chi connectivity index (χ3n) is 3.21. The number of hydrogen-bond acceptors (Lipinski definition) is 1. The molecule has 0 radical (unpaired) electrons. The maximum atomic E-state index is 4.48. The predicted molar refractivity (Wildman–Crippen MR) is 60.8 cm³/mol. The Hall–Kier alpha value is -0.360. The van der Waals surface area contributed by atoms with Crippen LogP contribution in [0.4, 0.5) is 0 Å². The molecule has 2 rings (SSSR count). The van der Waals surface area contributed by atoms with Crippen LogP contribution in [0.3, 0.4) is 0 Å². The Morgan fingerprint density at radius 1 is 1.07 bits per heavy atom. The SMILES string of the molecule is c1[nH]pnc1C1CCCCCCCC1. The molecule has 78 valence electrons. The summed E-state index contributed by atoms with van der Waals surface area (Å²) in [4.78, 5) is 0. The van der Waals surface area contributed by atoms with E-state index in [1.54, 1.807) is 0 Å². The van der Waals surface area contributed by atoms with Crippen molar-refractivity contribution in [1.82, 2.24) is 9.49 Å². The molecule has 1 N–H and O–H groups in total. The number of aromatic nitrogens is 2. The standard InChI is InChI=1S/C11H19N2P/c1-2-4-6-8-10(7-5-3-1)11-9-12-14-13-11/h9-10H,1-8H2,(H,12,13). The van der Waals surface area contributed by atoms with Gasteiger partial charge in [-0.25, -0.2) is 4.75 Å². The van der Waals surface area contributed by atoms with Crippen molar-refractivity contribution in [3.05, 3.63) is 11.9 Å². The molecule has 0 spiro atoms. The largest absolute Gasteiger partial charge is 0.328 e. The fourth-order valence-electron chi connectivity index (χ4n) is 2.34. The molecule has 1 aromatic rings. The van der Waals surface area contributed by atoms with Gasteiger partial charge >= 0.3 is 0 Å². The molecule has 0 saturated heterocycles. The minimum absolute atomic E-state index is 0.746. The first kappa shape index (κ1) is 10.2. The van der Waals surface area contributed by atoms with Crippen molar-refractivity contribution in [2.45, 2.75) is 57.3 Å². The first-order chi connectivity index (χ1) is 6.97. The molecule has 1 fully saturated rings. The van der Waals surface area contributed by atoms with Gasteiger partial charge in [0.15, 0.2) is 0 Å². The summed E-state index contributed by atoms with van der Waals surface area (Å²) >= 11 is 0. The van der Waals surface area contributed by atoms with Gasteiger partial charge in [-0.1, -0.05) is 38.5 Å². The average Bonchev–Trinajstić information content (AvgIpc) is 2.75. The predicted octanol–water partition coefficient (Wildman–Crippen LogP) is 4.21. The molecule has 0 amide bonds. The van der Waals surface area contributed by atoms with E-state index in [2.05, 4.69) is 15.7 Å². The van der Waals surface area contributed by atoms with Crippen LogP contribution in [0.2, 0.25) is 0 Å². The lowest BCUT2D eigenvalue weighted by molar-refractivity contribution is 0.531. The van der Waals surface area contributed by atoms with Crippen LogP contribution in [0.15, 0.2) is 6.20 Å². The second-order valence-electron chi connectivity index (χ2n) is 4.29. The Labute approximate surface area is 87.8 Å². The highest BCUT2D eigenvalue weighted by molar-refractivity contribution is 7.20. The minimum Gasteiger partial charge on any atom is -0.328 e. The van der Waals surface area contributed by atoms with E-state index in [-0.39, 0.29) is 0 Å². The second-order valence-corrected chi connectivity index (χ2v) is 4.95. The fourth-order valence-corrected chi connectivity index (χ4v) is 2.92. The zero-order valence-electron chi connectivity index (χ0n) is 8.71. The van der Waals surface area contributed by atoms with Crippen molar-refractivity contribution >= 4 is 8.51 Å². The summed E-state index contributed by atoms with van der Waals surface area (Å²) in [6.45, 7) is 0. The van der Waals surface area contributed by atoms with Crippen molar-refractivity contribution in [1.29, 1.82) is 0 Å². The zero-order chi connectivity index (χ0) is 9.64. The molecule has 1 aliphatic carbocycles. The van der Waals surface area contributed by atoms with Gasteiger partial charge in [0.25, 0.3) is 0 Å². The zero-order valence-corrected chi connectivity index (χ0v) is 9.60. The van der Waals surface area contributed by atoms with Crippen molar-refractivity contribution < 1.29 is 0 Å². The lowest BCUT2D eigenvalue weighted by Gasteiger charge is -2.12. The van der Waals surface area contributed by atoms with E-state index in [9.17, 15) is 0 Å². The van der Waals surface area contributed by atoms with Crippen LogP contribution in [0.1, 0.15) is 63.0 Å². The monoisotopic (exact) mass is 210 g/mol. The second kappa shape index (κ2) is 5.50. The Balaban J connectivity index is 1.94. The van der Waals surface area contributed by atoms with Gasteiger partial charge in [-0.05, 0) is 12.8 Å². The summed E-state index contributed by atoms with van der Waals surface area (Å²) < 4.78 is 7.65.